The molecule has 2 rings (SSSR count). The van der Waals surface area contributed by atoms with Crippen molar-refractivity contribution in [2.24, 2.45) is 5.73 Å². The molecule has 1 heterocycles. The second-order valence-corrected chi connectivity index (χ2v) is 3.53. The van der Waals surface area contributed by atoms with Crippen LogP contribution in [-0.4, -0.2) is 35.9 Å². The highest BCUT2D eigenvalue weighted by Crippen LogP contribution is 2.20. The number of anilines is 1. The molecular weight excluding hydrogens is 220 g/mol. The summed E-state index contributed by atoms with van der Waals surface area (Å²) in [6.45, 7) is 0.785. The third kappa shape index (κ3) is 2.80. The van der Waals surface area contributed by atoms with E-state index in [4.69, 9.17) is 10.5 Å². The third-order valence-electron chi connectivity index (χ3n) is 2.25. The molecule has 1 amide bonds. The Kier molecular flexibility index (Phi) is 3.69. The van der Waals surface area contributed by atoms with E-state index in [1.807, 2.05) is 12.1 Å². The number of para-hydroxylation sites is 1. The van der Waals surface area contributed by atoms with Crippen LogP contribution in [0, 0.1) is 0 Å². The number of hydrogen-bond acceptors (Lipinski definition) is 4. The predicted octanol–water partition coefficient (Wildman–Crippen LogP) is 0.477. The van der Waals surface area contributed by atoms with Crippen molar-refractivity contribution in [1.82, 2.24) is 10.2 Å². The minimum atomic E-state index is -0.208. The van der Waals surface area contributed by atoms with Crippen LogP contribution in [0.2, 0.25) is 0 Å². The second kappa shape index (κ2) is 5.42. The number of aromatic amines is 1. The number of amides is 1. The lowest BCUT2D eigenvalue weighted by Crippen LogP contribution is -2.20. The maximum absolute atomic E-state index is 11.5. The van der Waals surface area contributed by atoms with Gasteiger partial charge in [-0.2, -0.15) is 5.10 Å². The number of fused-ring (bicyclic) bond motifs is 1. The topological polar surface area (TPSA) is 93.0 Å². The van der Waals surface area contributed by atoms with E-state index >= 15 is 0 Å². The van der Waals surface area contributed by atoms with Gasteiger partial charge in [-0.25, -0.2) is 0 Å². The highest BCUT2D eigenvalue weighted by Gasteiger charge is 2.06. The van der Waals surface area contributed by atoms with E-state index in [1.165, 1.54) is 0 Å². The molecule has 0 aliphatic carbocycles. The maximum atomic E-state index is 11.5. The van der Waals surface area contributed by atoms with Crippen LogP contribution in [0.15, 0.2) is 24.4 Å². The van der Waals surface area contributed by atoms with Crippen LogP contribution in [-0.2, 0) is 9.53 Å². The van der Waals surface area contributed by atoms with Crippen molar-refractivity contribution in [3.05, 3.63) is 24.4 Å². The van der Waals surface area contributed by atoms with Crippen LogP contribution in [0.3, 0.4) is 0 Å². The Morgan fingerprint density at radius 1 is 1.53 bits per heavy atom. The number of nitrogens with two attached hydrogens (primary N) is 1. The van der Waals surface area contributed by atoms with Gasteiger partial charge in [0, 0.05) is 11.9 Å². The molecule has 0 fully saturated rings. The number of rotatable bonds is 5. The third-order valence-corrected chi connectivity index (χ3v) is 2.25. The molecule has 90 valence electrons. The second-order valence-electron chi connectivity index (χ2n) is 3.53. The molecule has 0 radical (unpaired) electrons. The van der Waals surface area contributed by atoms with Gasteiger partial charge in [0.05, 0.1) is 24.0 Å². The summed E-state index contributed by atoms with van der Waals surface area (Å²) < 4.78 is 5.05. The average Bonchev–Trinajstić information content (AvgIpc) is 2.78. The van der Waals surface area contributed by atoms with Crippen molar-refractivity contribution in [1.29, 1.82) is 0 Å². The van der Waals surface area contributed by atoms with E-state index in [9.17, 15) is 4.79 Å². The fraction of sp³-hybridized carbons (Fsp3) is 0.273. The first-order chi connectivity index (χ1) is 8.31. The summed E-state index contributed by atoms with van der Waals surface area (Å²) >= 11 is 0. The largest absolute Gasteiger partial charge is 0.370 e. The van der Waals surface area contributed by atoms with Crippen molar-refractivity contribution >= 4 is 22.5 Å². The van der Waals surface area contributed by atoms with E-state index in [-0.39, 0.29) is 12.5 Å². The summed E-state index contributed by atoms with van der Waals surface area (Å²) in [5.41, 5.74) is 6.76. The minimum absolute atomic E-state index is 0.00171. The van der Waals surface area contributed by atoms with Gasteiger partial charge in [0.15, 0.2) is 0 Å². The molecule has 0 saturated heterocycles. The first-order valence-electron chi connectivity index (χ1n) is 5.31. The molecule has 6 heteroatoms. The van der Waals surface area contributed by atoms with Crippen LogP contribution >= 0.6 is 0 Å². The molecule has 0 aliphatic heterocycles. The molecule has 0 spiro atoms. The monoisotopic (exact) mass is 234 g/mol. The lowest BCUT2D eigenvalue weighted by Gasteiger charge is -2.06. The lowest BCUT2D eigenvalue weighted by molar-refractivity contribution is -0.120. The molecule has 0 saturated carbocycles. The van der Waals surface area contributed by atoms with Gasteiger partial charge in [-0.05, 0) is 6.07 Å². The van der Waals surface area contributed by atoms with Gasteiger partial charge < -0.3 is 15.8 Å². The normalized spacial score (nSPS) is 10.6. The summed E-state index contributed by atoms with van der Waals surface area (Å²) in [7, 11) is 0. The van der Waals surface area contributed by atoms with Crippen molar-refractivity contribution < 1.29 is 9.53 Å². The van der Waals surface area contributed by atoms with Gasteiger partial charge in [0.25, 0.3) is 0 Å². The Bertz CT molecular complexity index is 509. The van der Waals surface area contributed by atoms with Crippen LogP contribution < -0.4 is 11.1 Å². The Labute approximate surface area is 98.1 Å². The van der Waals surface area contributed by atoms with Crippen LogP contribution in [0.1, 0.15) is 0 Å². The molecule has 6 nitrogen and oxygen atoms in total. The lowest BCUT2D eigenvalue weighted by atomic mass is 10.2. The zero-order valence-corrected chi connectivity index (χ0v) is 9.27. The SMILES string of the molecule is NCCOCC(=O)Nc1cccc2cn[nH]c12. The minimum Gasteiger partial charge on any atom is -0.370 e. The number of benzene rings is 1. The summed E-state index contributed by atoms with van der Waals surface area (Å²) in [5, 5.41) is 10.5. The molecule has 17 heavy (non-hydrogen) atoms. The number of H-pyrrole nitrogens is 1. The number of aromatic nitrogens is 2. The molecule has 0 unspecified atom stereocenters. The zero-order chi connectivity index (χ0) is 12.1. The van der Waals surface area contributed by atoms with Crippen LogP contribution in [0.4, 0.5) is 5.69 Å². The summed E-state index contributed by atoms with van der Waals surface area (Å²) in [6.07, 6.45) is 1.70. The molecule has 0 bridgehead atoms. The standard InChI is InChI=1S/C11H14N4O2/c12-4-5-17-7-10(16)14-9-3-1-2-8-6-13-15-11(8)9/h1-3,6H,4-5,7,12H2,(H,13,15)(H,14,16). The summed E-state index contributed by atoms with van der Waals surface area (Å²) in [6, 6.07) is 5.58. The fourth-order valence-electron chi connectivity index (χ4n) is 1.51. The van der Waals surface area contributed by atoms with Crippen molar-refractivity contribution in [3.63, 3.8) is 0 Å². The van der Waals surface area contributed by atoms with E-state index in [1.54, 1.807) is 12.3 Å². The van der Waals surface area contributed by atoms with E-state index in [2.05, 4.69) is 15.5 Å². The molecule has 4 N–H and O–H groups in total. The van der Waals surface area contributed by atoms with Crippen molar-refractivity contribution in [3.8, 4) is 0 Å². The number of ether oxygens (including phenoxy) is 1. The van der Waals surface area contributed by atoms with Gasteiger partial charge in [0.2, 0.25) is 5.91 Å². The van der Waals surface area contributed by atoms with E-state index in [0.29, 0.717) is 18.8 Å². The smallest absolute Gasteiger partial charge is 0.250 e. The van der Waals surface area contributed by atoms with Crippen molar-refractivity contribution in [2.75, 3.05) is 25.1 Å². The highest BCUT2D eigenvalue weighted by atomic mass is 16.5. The quantitative estimate of drug-likeness (QED) is 0.656. The highest BCUT2D eigenvalue weighted by molar-refractivity contribution is 6.00. The van der Waals surface area contributed by atoms with Gasteiger partial charge in [0.1, 0.15) is 6.61 Å². The van der Waals surface area contributed by atoms with Crippen LogP contribution in [0.5, 0.6) is 0 Å². The molecule has 1 aromatic heterocycles. The van der Waals surface area contributed by atoms with E-state index in [0.717, 1.165) is 10.9 Å². The maximum Gasteiger partial charge on any atom is 0.250 e. The Morgan fingerprint density at radius 3 is 3.24 bits per heavy atom. The Morgan fingerprint density at radius 2 is 2.41 bits per heavy atom. The van der Waals surface area contributed by atoms with Gasteiger partial charge >= 0.3 is 0 Å². The number of nitrogens with zero attached hydrogens (tertiary/aromatic N) is 1. The van der Waals surface area contributed by atoms with Crippen molar-refractivity contribution in [2.45, 2.75) is 0 Å². The predicted molar refractivity (Wildman–Crippen MR) is 64.6 cm³/mol. The van der Waals surface area contributed by atoms with Gasteiger partial charge in [-0.15, -0.1) is 0 Å². The number of hydrogen-bond donors (Lipinski definition) is 3. The van der Waals surface area contributed by atoms with Gasteiger partial charge in [-0.1, -0.05) is 12.1 Å². The van der Waals surface area contributed by atoms with E-state index < -0.39 is 0 Å². The first kappa shape index (κ1) is 11.6. The number of nitrogens with one attached hydrogen (secondary N) is 2. The number of carbonyl (C=O) groups is 1. The Balaban J connectivity index is 2.03. The van der Waals surface area contributed by atoms with Crippen LogP contribution in [0.25, 0.3) is 10.9 Å². The first-order valence-corrected chi connectivity index (χ1v) is 5.31. The van der Waals surface area contributed by atoms with Gasteiger partial charge in [-0.3, -0.25) is 9.89 Å². The molecule has 1 aromatic carbocycles. The molecule has 0 aliphatic rings. The Hall–Kier alpha value is -1.92. The zero-order valence-electron chi connectivity index (χ0n) is 9.27. The average molecular weight is 234 g/mol. The number of carbonyl (C=O) groups excluding carboxylic acids is 1. The fourth-order valence-corrected chi connectivity index (χ4v) is 1.51. The summed E-state index contributed by atoms with van der Waals surface area (Å²) in [4.78, 5) is 11.5. The molecule has 2 aromatic rings. The molecular formula is C11H14N4O2. The molecule has 0 atom stereocenters. The summed E-state index contributed by atoms with van der Waals surface area (Å²) in [5.74, 6) is -0.208.